The number of rotatable bonds is 2. The molecule has 6 nitrogen and oxygen atoms in total. The summed E-state index contributed by atoms with van der Waals surface area (Å²) in [5.41, 5.74) is -0.236. The minimum Gasteiger partial charge on any atom is -0.748 e. The lowest BCUT2D eigenvalue weighted by molar-refractivity contribution is 0.0862. The lowest BCUT2D eigenvalue weighted by Gasteiger charge is -2.26. The van der Waals surface area contributed by atoms with Crippen LogP contribution in [0.2, 0.25) is 10.0 Å². The first-order valence-electron chi connectivity index (χ1n) is 5.78. The van der Waals surface area contributed by atoms with Crippen molar-refractivity contribution in [2.75, 3.05) is 5.32 Å². The molecule has 114 valence electrons. The first kappa shape index (κ1) is 16.7. The van der Waals surface area contributed by atoms with Crippen molar-refractivity contribution in [3.63, 3.8) is 0 Å². The monoisotopic (exact) mass is 402 g/mol. The molecule has 2 rings (SSSR count). The highest BCUT2D eigenvalue weighted by molar-refractivity contribution is 9.10. The summed E-state index contributed by atoms with van der Waals surface area (Å²) in [6.45, 7) is 0. The molecular weight excluding hydrogens is 397 g/mol. The van der Waals surface area contributed by atoms with E-state index in [4.69, 9.17) is 23.2 Å². The molecule has 3 amide bonds. The van der Waals surface area contributed by atoms with Crippen molar-refractivity contribution in [2.45, 2.75) is 0 Å². The maximum Gasteiger partial charge on any atom is 0.319 e. The van der Waals surface area contributed by atoms with Crippen molar-refractivity contribution in [2.24, 2.45) is 0 Å². The number of amides is 3. The summed E-state index contributed by atoms with van der Waals surface area (Å²) < 4.78 is 0.698. The number of nitrogens with one attached hydrogen (secondary N) is 1. The van der Waals surface area contributed by atoms with Crippen molar-refractivity contribution in [3.8, 4) is 0 Å². The molecule has 0 fully saturated rings. The molecule has 1 heterocycles. The highest BCUT2D eigenvalue weighted by Gasteiger charge is 2.20. The zero-order valence-corrected chi connectivity index (χ0v) is 13.8. The van der Waals surface area contributed by atoms with E-state index in [1.807, 2.05) is 0 Å². The maximum absolute atomic E-state index is 12.0. The molecule has 1 N–H and O–H groups in total. The number of aromatic nitrogens is 1. The van der Waals surface area contributed by atoms with Gasteiger partial charge in [-0.2, -0.15) is 0 Å². The summed E-state index contributed by atoms with van der Waals surface area (Å²) in [5, 5.41) is 13.6. The van der Waals surface area contributed by atoms with E-state index >= 15 is 0 Å². The highest BCUT2D eigenvalue weighted by atomic mass is 79.9. The minimum absolute atomic E-state index is 0.0204. The van der Waals surface area contributed by atoms with Gasteiger partial charge in [0.2, 0.25) is 0 Å². The average molecular weight is 404 g/mol. The fourth-order valence-corrected chi connectivity index (χ4v) is 2.30. The molecule has 0 atom stereocenters. The molecule has 0 aliphatic rings. The van der Waals surface area contributed by atoms with Crippen molar-refractivity contribution in [1.29, 1.82) is 0 Å². The van der Waals surface area contributed by atoms with Gasteiger partial charge in [-0.3, -0.25) is 10.1 Å². The number of anilines is 1. The van der Waals surface area contributed by atoms with Crippen LogP contribution in [-0.2, 0) is 0 Å². The summed E-state index contributed by atoms with van der Waals surface area (Å²) in [5.74, 6) is -1.04. The van der Waals surface area contributed by atoms with Crippen LogP contribution in [0, 0.1) is 5.21 Å². The Kier molecular flexibility index (Phi) is 5.36. The van der Waals surface area contributed by atoms with E-state index < -0.39 is 11.9 Å². The maximum atomic E-state index is 12.0. The Morgan fingerprint density at radius 2 is 1.82 bits per heavy atom. The van der Waals surface area contributed by atoms with Gasteiger partial charge in [-0.1, -0.05) is 29.3 Å². The standard InChI is InChI=1S/C13H7BrCl2N3O3/c14-7-4-5-10(17-6-7)18-13(21)19(22)12(20)11-8(15)2-1-3-9(11)16/h1-6H,(H,17,18,21)/q-1. The Morgan fingerprint density at radius 3 is 2.36 bits per heavy atom. The summed E-state index contributed by atoms with van der Waals surface area (Å²) in [6.07, 6.45) is 1.43. The Labute approximate surface area is 143 Å². The Bertz CT molecular complexity index is 705. The zero-order valence-electron chi connectivity index (χ0n) is 10.7. The molecule has 0 bridgehead atoms. The predicted molar refractivity (Wildman–Crippen MR) is 87.0 cm³/mol. The molecule has 0 radical (unpaired) electrons. The van der Waals surface area contributed by atoms with E-state index in [-0.39, 0.29) is 26.5 Å². The van der Waals surface area contributed by atoms with Crippen LogP contribution < -0.4 is 5.32 Å². The SMILES string of the molecule is O=C(Nc1ccc(Br)cn1)N([O-])C(=O)c1c(Cl)cccc1Cl. The molecule has 1 aromatic heterocycles. The lowest BCUT2D eigenvalue weighted by Crippen LogP contribution is -2.35. The van der Waals surface area contributed by atoms with E-state index in [1.54, 1.807) is 6.07 Å². The molecular formula is C13H7BrCl2N3O3-. The molecule has 0 aliphatic carbocycles. The first-order valence-corrected chi connectivity index (χ1v) is 7.33. The molecule has 1 aromatic carbocycles. The molecule has 0 saturated carbocycles. The van der Waals surface area contributed by atoms with Crippen LogP contribution >= 0.6 is 39.1 Å². The van der Waals surface area contributed by atoms with Gasteiger partial charge in [0, 0.05) is 10.7 Å². The molecule has 0 unspecified atom stereocenters. The van der Waals surface area contributed by atoms with Crippen LogP contribution in [0.3, 0.4) is 0 Å². The molecule has 0 spiro atoms. The summed E-state index contributed by atoms with van der Waals surface area (Å²) in [6, 6.07) is 6.18. The van der Waals surface area contributed by atoms with Gasteiger partial charge < -0.3 is 10.3 Å². The smallest absolute Gasteiger partial charge is 0.319 e. The van der Waals surface area contributed by atoms with E-state index in [9.17, 15) is 14.8 Å². The molecule has 0 aliphatic heterocycles. The third kappa shape index (κ3) is 3.75. The van der Waals surface area contributed by atoms with Gasteiger partial charge >= 0.3 is 6.03 Å². The van der Waals surface area contributed by atoms with Crippen LogP contribution in [0.5, 0.6) is 0 Å². The van der Waals surface area contributed by atoms with Gasteiger partial charge in [0.05, 0.1) is 15.6 Å². The highest BCUT2D eigenvalue weighted by Crippen LogP contribution is 2.25. The molecule has 2 aromatic rings. The van der Waals surface area contributed by atoms with E-state index in [0.29, 0.717) is 4.47 Å². The number of nitrogens with zero attached hydrogens (tertiary/aromatic N) is 2. The van der Waals surface area contributed by atoms with Crippen LogP contribution in [0.4, 0.5) is 10.6 Å². The van der Waals surface area contributed by atoms with Crippen molar-refractivity contribution >= 4 is 56.9 Å². The number of hydroxylamine groups is 2. The van der Waals surface area contributed by atoms with Crippen molar-refractivity contribution in [3.05, 3.63) is 61.8 Å². The van der Waals surface area contributed by atoms with Crippen molar-refractivity contribution in [1.82, 2.24) is 10.0 Å². The fraction of sp³-hybridized carbons (Fsp3) is 0. The Balaban J connectivity index is 2.16. The van der Waals surface area contributed by atoms with Crippen LogP contribution in [0.25, 0.3) is 0 Å². The second-order valence-corrected chi connectivity index (χ2v) is 5.72. The number of urea groups is 1. The Hall–Kier alpha value is -1.67. The van der Waals surface area contributed by atoms with Crippen LogP contribution in [0.1, 0.15) is 10.4 Å². The fourth-order valence-electron chi connectivity index (χ4n) is 1.51. The van der Waals surface area contributed by atoms with Crippen LogP contribution in [0.15, 0.2) is 41.0 Å². The third-order valence-corrected chi connectivity index (χ3v) is 3.61. The topological polar surface area (TPSA) is 85.4 Å². The van der Waals surface area contributed by atoms with E-state index in [2.05, 4.69) is 26.2 Å². The van der Waals surface area contributed by atoms with Gasteiger partial charge in [0.25, 0.3) is 5.91 Å². The van der Waals surface area contributed by atoms with Gasteiger partial charge in [-0.05, 0) is 40.2 Å². The van der Waals surface area contributed by atoms with E-state index in [0.717, 1.165) is 0 Å². The van der Waals surface area contributed by atoms with Gasteiger partial charge in [-0.15, -0.1) is 0 Å². The Morgan fingerprint density at radius 1 is 1.18 bits per heavy atom. The van der Waals surface area contributed by atoms with Gasteiger partial charge in [0.1, 0.15) is 5.82 Å². The second-order valence-electron chi connectivity index (χ2n) is 3.99. The lowest BCUT2D eigenvalue weighted by atomic mass is 10.2. The summed E-state index contributed by atoms with van der Waals surface area (Å²) >= 11 is 14.8. The molecule has 9 heteroatoms. The second kappa shape index (κ2) is 7.06. The zero-order chi connectivity index (χ0) is 16.3. The summed E-state index contributed by atoms with van der Waals surface area (Å²) in [4.78, 5) is 27.7. The summed E-state index contributed by atoms with van der Waals surface area (Å²) in [7, 11) is 0. The third-order valence-electron chi connectivity index (χ3n) is 2.51. The number of imide groups is 1. The number of hydrogen-bond acceptors (Lipinski definition) is 4. The molecule has 22 heavy (non-hydrogen) atoms. The normalized spacial score (nSPS) is 10.2. The van der Waals surface area contributed by atoms with Gasteiger partial charge in [0.15, 0.2) is 0 Å². The van der Waals surface area contributed by atoms with Gasteiger partial charge in [-0.25, -0.2) is 9.78 Å². The largest absolute Gasteiger partial charge is 0.748 e. The number of hydrogen-bond donors (Lipinski definition) is 1. The number of benzene rings is 1. The quantitative estimate of drug-likeness (QED) is 0.756. The van der Waals surface area contributed by atoms with Crippen molar-refractivity contribution < 1.29 is 9.59 Å². The number of pyridine rings is 1. The number of carbonyl (C=O) groups is 2. The molecule has 0 saturated heterocycles. The predicted octanol–water partition coefficient (Wildman–Crippen LogP) is 4.32. The average Bonchev–Trinajstić information content (AvgIpc) is 2.48. The van der Waals surface area contributed by atoms with E-state index in [1.165, 1.54) is 30.5 Å². The number of carbonyl (C=O) groups excluding carboxylic acids is 2. The number of halogens is 3. The van der Waals surface area contributed by atoms with Crippen LogP contribution in [-0.4, -0.2) is 22.0 Å². The first-order chi connectivity index (χ1) is 10.4. The minimum atomic E-state index is -1.20.